The molecule has 0 N–H and O–H groups in total. The van der Waals surface area contributed by atoms with Crippen LogP contribution in [0.3, 0.4) is 0 Å². The molecule has 0 atom stereocenters. The quantitative estimate of drug-likeness (QED) is 0.546. The highest BCUT2D eigenvalue weighted by Gasteiger charge is 2.28. The van der Waals surface area contributed by atoms with Crippen LogP contribution >= 0.6 is 49.6 Å². The molecule has 1 aromatic rings. The van der Waals surface area contributed by atoms with Crippen molar-refractivity contribution in [2.24, 2.45) is 0 Å². The molecule has 1 heterocycles. The molecule has 0 aromatic heterocycles. The van der Waals surface area contributed by atoms with Gasteiger partial charge in [0.1, 0.15) is 0 Å². The van der Waals surface area contributed by atoms with E-state index in [0.29, 0.717) is 11.1 Å². The second kappa shape index (κ2) is 7.77. The molecule has 0 fully saturated rings. The smallest absolute Gasteiger partial charge is 0.346 e. The topological polar surface area (TPSA) is 43.4 Å². The molecule has 15 heavy (non-hydrogen) atoms. The van der Waals surface area contributed by atoms with E-state index < -0.39 is 11.9 Å². The van der Waals surface area contributed by atoms with Gasteiger partial charge in [0.15, 0.2) is 0 Å². The number of cyclic esters (lactones) is 2. The van der Waals surface area contributed by atoms with E-state index in [0.717, 1.165) is 0 Å². The molecule has 0 aliphatic carbocycles. The van der Waals surface area contributed by atoms with Gasteiger partial charge in [-0.2, -0.15) is 0 Å². The van der Waals surface area contributed by atoms with Gasteiger partial charge in [-0.05, 0) is 12.1 Å². The maximum Gasteiger partial charge on any atom is 0.346 e. The van der Waals surface area contributed by atoms with Crippen LogP contribution in [0.1, 0.15) is 20.7 Å². The van der Waals surface area contributed by atoms with Crippen molar-refractivity contribution in [1.29, 1.82) is 0 Å². The van der Waals surface area contributed by atoms with E-state index in [-0.39, 0.29) is 49.6 Å². The minimum atomic E-state index is -0.550. The molecular formula is C8H8Cl4O3. The summed E-state index contributed by atoms with van der Waals surface area (Å²) >= 11 is 0. The summed E-state index contributed by atoms with van der Waals surface area (Å²) in [6, 6.07) is 6.53. The number of rotatable bonds is 0. The predicted molar refractivity (Wildman–Crippen MR) is 65.2 cm³/mol. The lowest BCUT2D eigenvalue weighted by Crippen LogP contribution is -1.96. The molecule has 1 aromatic carbocycles. The fourth-order valence-corrected chi connectivity index (χ4v) is 1.03. The van der Waals surface area contributed by atoms with Crippen molar-refractivity contribution in [2.75, 3.05) is 0 Å². The van der Waals surface area contributed by atoms with Crippen LogP contribution in [0.15, 0.2) is 24.3 Å². The van der Waals surface area contributed by atoms with Gasteiger partial charge in [-0.1, -0.05) is 12.1 Å². The van der Waals surface area contributed by atoms with Crippen LogP contribution in [0.2, 0.25) is 0 Å². The van der Waals surface area contributed by atoms with Crippen molar-refractivity contribution in [2.45, 2.75) is 0 Å². The summed E-state index contributed by atoms with van der Waals surface area (Å²) < 4.78 is 4.35. The summed E-state index contributed by atoms with van der Waals surface area (Å²) in [5, 5.41) is 0. The van der Waals surface area contributed by atoms with E-state index in [9.17, 15) is 9.59 Å². The zero-order valence-electron chi connectivity index (χ0n) is 7.17. The summed E-state index contributed by atoms with van der Waals surface area (Å²) in [6.07, 6.45) is 0. The van der Waals surface area contributed by atoms with E-state index in [1.54, 1.807) is 24.3 Å². The molecule has 0 amide bonds. The zero-order valence-corrected chi connectivity index (χ0v) is 10.4. The highest BCUT2D eigenvalue weighted by Crippen LogP contribution is 2.18. The minimum absolute atomic E-state index is 0. The first-order valence-corrected chi connectivity index (χ1v) is 3.14. The van der Waals surface area contributed by atoms with E-state index in [1.807, 2.05) is 0 Å². The first-order valence-electron chi connectivity index (χ1n) is 3.14. The molecule has 0 unspecified atom stereocenters. The van der Waals surface area contributed by atoms with Crippen LogP contribution in [0, 0.1) is 0 Å². The Morgan fingerprint density at radius 2 is 1.07 bits per heavy atom. The molecule has 3 nitrogen and oxygen atoms in total. The molecular weight excluding hydrogens is 286 g/mol. The van der Waals surface area contributed by atoms with Crippen molar-refractivity contribution < 1.29 is 14.3 Å². The van der Waals surface area contributed by atoms with Crippen LogP contribution in [-0.4, -0.2) is 11.9 Å². The lowest BCUT2D eigenvalue weighted by atomic mass is 10.1. The molecule has 0 bridgehead atoms. The van der Waals surface area contributed by atoms with Gasteiger partial charge in [-0.25, -0.2) is 9.59 Å². The number of hydrogen-bond acceptors (Lipinski definition) is 3. The van der Waals surface area contributed by atoms with Crippen molar-refractivity contribution in [3.63, 3.8) is 0 Å². The van der Waals surface area contributed by atoms with Gasteiger partial charge in [0.05, 0.1) is 11.1 Å². The highest BCUT2D eigenvalue weighted by atomic mass is 35.5. The molecule has 0 spiro atoms. The van der Waals surface area contributed by atoms with Gasteiger partial charge in [0, 0.05) is 0 Å². The van der Waals surface area contributed by atoms with Crippen LogP contribution in [0.25, 0.3) is 0 Å². The number of hydrogen-bond donors (Lipinski definition) is 0. The predicted octanol–water partition coefficient (Wildman–Crippen LogP) is 2.68. The summed E-state index contributed by atoms with van der Waals surface area (Å²) in [7, 11) is 0. The Morgan fingerprint density at radius 1 is 0.733 bits per heavy atom. The second-order valence-electron chi connectivity index (χ2n) is 2.22. The Hall–Kier alpha value is -0.480. The Kier molecular flexibility index (Phi) is 10.4. The molecule has 0 saturated carbocycles. The lowest BCUT2D eigenvalue weighted by Gasteiger charge is -1.86. The third-order valence-electron chi connectivity index (χ3n) is 1.55. The maximum atomic E-state index is 10.8. The Labute approximate surface area is 111 Å². The summed E-state index contributed by atoms with van der Waals surface area (Å²) in [6.45, 7) is 0. The van der Waals surface area contributed by atoms with Crippen molar-refractivity contribution in [3.8, 4) is 0 Å². The first-order chi connectivity index (χ1) is 5.29. The van der Waals surface area contributed by atoms with Crippen LogP contribution in [0.4, 0.5) is 0 Å². The summed E-state index contributed by atoms with van der Waals surface area (Å²) in [5.74, 6) is -1.10. The minimum Gasteiger partial charge on any atom is -0.386 e. The van der Waals surface area contributed by atoms with E-state index in [1.165, 1.54) is 0 Å². The number of esters is 2. The number of carbonyl (C=O) groups excluding carboxylic acids is 2. The average molecular weight is 294 g/mol. The molecule has 0 radical (unpaired) electrons. The number of halogens is 4. The SMILES string of the molecule is Cl.Cl.Cl.Cl.O=C1OC(=O)c2ccccc21. The van der Waals surface area contributed by atoms with Crippen LogP contribution in [-0.2, 0) is 4.74 Å². The van der Waals surface area contributed by atoms with E-state index >= 15 is 0 Å². The fourth-order valence-electron chi connectivity index (χ4n) is 1.03. The number of fused-ring (bicyclic) bond motifs is 1. The maximum absolute atomic E-state index is 10.8. The molecule has 0 saturated heterocycles. The van der Waals surface area contributed by atoms with Crippen molar-refractivity contribution in [3.05, 3.63) is 35.4 Å². The van der Waals surface area contributed by atoms with E-state index in [4.69, 9.17) is 0 Å². The zero-order chi connectivity index (χ0) is 7.84. The normalized spacial score (nSPS) is 10.7. The summed E-state index contributed by atoms with van der Waals surface area (Å²) in [5.41, 5.74) is 0.718. The van der Waals surface area contributed by atoms with Gasteiger partial charge in [-0.3, -0.25) is 0 Å². The second-order valence-corrected chi connectivity index (χ2v) is 2.22. The van der Waals surface area contributed by atoms with Crippen LogP contribution in [0.5, 0.6) is 0 Å². The van der Waals surface area contributed by atoms with E-state index in [2.05, 4.69) is 4.74 Å². The Bertz CT molecular complexity index is 320. The third kappa shape index (κ3) is 3.54. The first kappa shape index (κ1) is 20.0. The number of carbonyl (C=O) groups is 2. The molecule has 86 valence electrons. The van der Waals surface area contributed by atoms with Crippen molar-refractivity contribution in [1.82, 2.24) is 0 Å². The standard InChI is InChI=1S/C8H4O3.4ClH/c9-7-5-3-1-2-4-6(5)8(10)11-7;;;;/h1-4H;4*1H. The van der Waals surface area contributed by atoms with Gasteiger partial charge in [0.25, 0.3) is 0 Å². The number of ether oxygens (including phenoxy) is 1. The average Bonchev–Trinajstić information content (AvgIpc) is 2.30. The molecule has 7 heteroatoms. The third-order valence-corrected chi connectivity index (χ3v) is 1.55. The van der Waals surface area contributed by atoms with Crippen molar-refractivity contribution >= 4 is 61.6 Å². The highest BCUT2D eigenvalue weighted by molar-refractivity contribution is 6.14. The Morgan fingerprint density at radius 3 is 1.40 bits per heavy atom. The largest absolute Gasteiger partial charge is 0.386 e. The Balaban J connectivity index is -0.000000360. The molecule has 1 aliphatic rings. The van der Waals surface area contributed by atoms with Gasteiger partial charge >= 0.3 is 11.9 Å². The monoisotopic (exact) mass is 292 g/mol. The molecule has 1 aliphatic heterocycles. The lowest BCUT2D eigenvalue weighted by molar-refractivity contribution is 0.0444. The summed E-state index contributed by atoms with van der Waals surface area (Å²) in [4.78, 5) is 21.7. The number of benzene rings is 1. The van der Waals surface area contributed by atoms with Crippen LogP contribution < -0.4 is 0 Å². The van der Waals surface area contributed by atoms with Gasteiger partial charge < -0.3 is 4.74 Å². The van der Waals surface area contributed by atoms with Gasteiger partial charge in [-0.15, -0.1) is 49.6 Å². The van der Waals surface area contributed by atoms with Gasteiger partial charge in [0.2, 0.25) is 0 Å². The fraction of sp³-hybridized carbons (Fsp3) is 0. The molecule has 2 rings (SSSR count).